The molecule has 1 aromatic carbocycles. The van der Waals surface area contributed by atoms with Crippen molar-refractivity contribution in [1.82, 2.24) is 4.98 Å². The summed E-state index contributed by atoms with van der Waals surface area (Å²) in [6.07, 6.45) is 1.91. The van der Waals surface area contributed by atoms with Crippen molar-refractivity contribution in [3.63, 3.8) is 0 Å². The minimum atomic E-state index is -0.583. The largest absolute Gasteiger partial charge is 0.299 e. The topological polar surface area (TPSA) is 67.3 Å². The number of imide groups is 1. The fourth-order valence-corrected chi connectivity index (χ4v) is 4.67. The van der Waals surface area contributed by atoms with Gasteiger partial charge in [0.05, 0.1) is 17.8 Å². The fourth-order valence-electron chi connectivity index (χ4n) is 4.67. The second kappa shape index (κ2) is 4.60. The van der Waals surface area contributed by atoms with Gasteiger partial charge in [0.25, 0.3) is 0 Å². The number of carbonyl (C=O) groups excluding carboxylic acids is 3. The quantitative estimate of drug-likeness (QED) is 0.755. The molecule has 1 aromatic heterocycles. The summed E-state index contributed by atoms with van der Waals surface area (Å²) < 4.78 is 0. The van der Waals surface area contributed by atoms with Gasteiger partial charge in [-0.1, -0.05) is 30.3 Å². The van der Waals surface area contributed by atoms with Crippen LogP contribution in [-0.2, 0) is 14.4 Å². The average molecular weight is 318 g/mol. The molecular weight excluding hydrogens is 304 g/mol. The maximum Gasteiger partial charge on any atom is 0.240 e. The van der Waals surface area contributed by atoms with E-state index in [1.165, 1.54) is 4.90 Å². The maximum atomic E-state index is 13.0. The number of Topliss-reactive ketones (excluding diaryl/α,β-unsaturated/α-hetero) is 1. The highest BCUT2D eigenvalue weighted by Gasteiger charge is 2.62. The van der Waals surface area contributed by atoms with Crippen LogP contribution in [0.2, 0.25) is 0 Å². The predicted molar refractivity (Wildman–Crippen MR) is 85.3 cm³/mol. The molecule has 5 nitrogen and oxygen atoms in total. The molecule has 118 valence electrons. The molecule has 1 saturated carbocycles. The highest BCUT2D eigenvalue weighted by Crippen LogP contribution is 2.57. The van der Waals surface area contributed by atoms with Gasteiger partial charge in [-0.2, -0.15) is 0 Å². The number of hydrogen-bond donors (Lipinski definition) is 0. The first kappa shape index (κ1) is 13.6. The summed E-state index contributed by atoms with van der Waals surface area (Å²) in [5, 5.41) is 0. The van der Waals surface area contributed by atoms with Crippen LogP contribution in [0.3, 0.4) is 0 Å². The van der Waals surface area contributed by atoms with E-state index in [4.69, 9.17) is 0 Å². The van der Waals surface area contributed by atoms with E-state index in [0.29, 0.717) is 12.2 Å². The minimum Gasteiger partial charge on any atom is -0.299 e. The number of fused-ring (bicyclic) bond motifs is 1. The molecular formula is C19H14N2O3. The lowest BCUT2D eigenvalue weighted by atomic mass is 9.56. The normalized spacial score (nSPS) is 30.5. The van der Waals surface area contributed by atoms with Gasteiger partial charge in [-0.25, -0.2) is 9.88 Å². The van der Waals surface area contributed by atoms with Crippen molar-refractivity contribution in [3.05, 3.63) is 59.8 Å². The predicted octanol–water partition coefficient (Wildman–Crippen LogP) is 2.04. The smallest absolute Gasteiger partial charge is 0.240 e. The Morgan fingerprint density at radius 2 is 1.58 bits per heavy atom. The molecule has 4 unspecified atom stereocenters. The molecule has 24 heavy (non-hydrogen) atoms. The highest BCUT2D eigenvalue weighted by atomic mass is 16.2. The maximum absolute atomic E-state index is 13.0. The first-order valence-corrected chi connectivity index (χ1v) is 8.09. The summed E-state index contributed by atoms with van der Waals surface area (Å²) in [7, 11) is 0. The Morgan fingerprint density at radius 1 is 0.875 bits per heavy atom. The number of ketones is 1. The van der Waals surface area contributed by atoms with Crippen LogP contribution in [0.1, 0.15) is 29.4 Å². The monoisotopic (exact) mass is 318 g/mol. The van der Waals surface area contributed by atoms with Gasteiger partial charge in [0.2, 0.25) is 11.8 Å². The zero-order valence-electron chi connectivity index (χ0n) is 12.8. The van der Waals surface area contributed by atoms with Gasteiger partial charge in [0.1, 0.15) is 11.6 Å². The van der Waals surface area contributed by atoms with Crippen LogP contribution in [0.5, 0.6) is 0 Å². The number of rotatable bonds is 1. The van der Waals surface area contributed by atoms with E-state index in [1.807, 2.05) is 24.3 Å². The Hall–Kier alpha value is -2.82. The summed E-state index contributed by atoms with van der Waals surface area (Å²) in [6.45, 7) is 0. The molecule has 1 saturated heterocycles. The molecule has 2 heterocycles. The lowest BCUT2D eigenvalue weighted by Crippen LogP contribution is -2.44. The fraction of sp³-hybridized carbons (Fsp3) is 0.263. The number of hydrogen-bond acceptors (Lipinski definition) is 4. The summed E-state index contributed by atoms with van der Waals surface area (Å²) >= 11 is 0. The van der Waals surface area contributed by atoms with Gasteiger partial charge in [-0.3, -0.25) is 14.4 Å². The zero-order chi connectivity index (χ0) is 16.4. The third-order valence-corrected chi connectivity index (χ3v) is 5.57. The van der Waals surface area contributed by atoms with Crippen LogP contribution in [-0.4, -0.2) is 22.6 Å². The summed E-state index contributed by atoms with van der Waals surface area (Å²) in [6, 6.07) is 12.9. The molecule has 4 atom stereocenters. The van der Waals surface area contributed by atoms with Crippen molar-refractivity contribution in [2.45, 2.75) is 18.3 Å². The van der Waals surface area contributed by atoms with Gasteiger partial charge in [0.15, 0.2) is 0 Å². The standard InChI is InChI=1S/C19H14N2O3/c22-13-9-12-10-5-1-2-6-11(10)15(13)17-16(12)18(23)21(19(17)24)14-7-3-4-8-20-14/h1-8,12,15-17H,9H2. The van der Waals surface area contributed by atoms with Gasteiger partial charge < -0.3 is 0 Å². The molecule has 5 heteroatoms. The molecule has 4 aliphatic rings. The van der Waals surface area contributed by atoms with Crippen LogP contribution in [0.15, 0.2) is 48.7 Å². The number of carbonyl (C=O) groups is 3. The number of nitrogens with zero attached hydrogens (tertiary/aromatic N) is 2. The van der Waals surface area contributed by atoms with Crippen LogP contribution in [0.4, 0.5) is 5.82 Å². The van der Waals surface area contributed by atoms with Crippen LogP contribution >= 0.6 is 0 Å². The minimum absolute atomic E-state index is 0.0731. The average Bonchev–Trinajstić information content (AvgIpc) is 2.88. The first-order chi connectivity index (χ1) is 11.7. The number of anilines is 1. The molecule has 3 aliphatic carbocycles. The van der Waals surface area contributed by atoms with Crippen LogP contribution in [0.25, 0.3) is 0 Å². The first-order valence-electron chi connectivity index (χ1n) is 8.09. The molecule has 0 radical (unpaired) electrons. The van der Waals surface area contributed by atoms with Gasteiger partial charge >= 0.3 is 0 Å². The Morgan fingerprint density at radius 3 is 2.33 bits per heavy atom. The van der Waals surface area contributed by atoms with Crippen molar-refractivity contribution in [3.8, 4) is 0 Å². The van der Waals surface area contributed by atoms with Crippen LogP contribution < -0.4 is 4.90 Å². The summed E-state index contributed by atoms with van der Waals surface area (Å²) in [4.78, 5) is 43.9. The Balaban J connectivity index is 1.68. The highest BCUT2D eigenvalue weighted by molar-refractivity contribution is 6.24. The van der Waals surface area contributed by atoms with E-state index >= 15 is 0 Å². The third kappa shape index (κ3) is 1.54. The van der Waals surface area contributed by atoms with E-state index in [1.54, 1.807) is 24.4 Å². The Kier molecular flexibility index (Phi) is 2.61. The summed E-state index contributed by atoms with van der Waals surface area (Å²) in [5.41, 5.74) is 1.97. The van der Waals surface area contributed by atoms with Crippen molar-refractivity contribution in [1.29, 1.82) is 0 Å². The lowest BCUT2D eigenvalue weighted by Gasteiger charge is -2.43. The van der Waals surface area contributed by atoms with E-state index < -0.39 is 17.8 Å². The van der Waals surface area contributed by atoms with Crippen molar-refractivity contribution < 1.29 is 14.4 Å². The van der Waals surface area contributed by atoms with Crippen molar-refractivity contribution >= 4 is 23.4 Å². The molecule has 2 amide bonds. The number of aromatic nitrogens is 1. The van der Waals surface area contributed by atoms with E-state index in [9.17, 15) is 14.4 Å². The summed E-state index contributed by atoms with van der Waals surface area (Å²) in [5.74, 6) is -1.82. The number of amides is 2. The van der Waals surface area contributed by atoms with E-state index in [-0.39, 0.29) is 23.5 Å². The molecule has 2 fully saturated rings. The third-order valence-electron chi connectivity index (χ3n) is 5.57. The molecule has 1 aliphatic heterocycles. The van der Waals surface area contributed by atoms with Gasteiger partial charge in [-0.05, 0) is 23.3 Å². The molecule has 0 spiro atoms. The zero-order valence-corrected chi connectivity index (χ0v) is 12.8. The second-order valence-electron chi connectivity index (χ2n) is 6.63. The lowest BCUT2D eigenvalue weighted by molar-refractivity contribution is -0.134. The Labute approximate surface area is 138 Å². The second-order valence-corrected chi connectivity index (χ2v) is 6.63. The van der Waals surface area contributed by atoms with Crippen molar-refractivity contribution in [2.75, 3.05) is 4.90 Å². The van der Waals surface area contributed by atoms with Gasteiger partial charge in [-0.15, -0.1) is 0 Å². The van der Waals surface area contributed by atoms with E-state index in [0.717, 1.165) is 11.1 Å². The number of pyridine rings is 1. The van der Waals surface area contributed by atoms with Crippen LogP contribution in [0, 0.1) is 11.8 Å². The Bertz CT molecular complexity index is 892. The van der Waals surface area contributed by atoms with Gasteiger partial charge in [0, 0.05) is 18.5 Å². The molecule has 6 rings (SSSR count). The number of benzene rings is 1. The molecule has 0 N–H and O–H groups in total. The SMILES string of the molecule is O=C1CC2c3ccccc3C1C1C(=O)N(c3ccccn3)C(=O)C21. The molecule has 2 bridgehead atoms. The van der Waals surface area contributed by atoms with Crippen molar-refractivity contribution in [2.24, 2.45) is 11.8 Å². The van der Waals surface area contributed by atoms with E-state index in [2.05, 4.69) is 4.98 Å². The molecule has 2 aromatic rings.